The van der Waals surface area contributed by atoms with E-state index < -0.39 is 0 Å². The average Bonchev–Trinajstić information content (AvgIpc) is 2.40. The maximum atomic E-state index is 11.6. The van der Waals surface area contributed by atoms with Crippen LogP contribution in [0.1, 0.15) is 44.0 Å². The lowest BCUT2D eigenvalue weighted by Gasteiger charge is -2.14. The number of anilines is 1. The highest BCUT2D eigenvalue weighted by Gasteiger charge is 2.07. The van der Waals surface area contributed by atoms with E-state index in [4.69, 9.17) is 4.74 Å². The van der Waals surface area contributed by atoms with Gasteiger partial charge in [0.15, 0.2) is 0 Å². The van der Waals surface area contributed by atoms with Crippen LogP contribution in [0, 0.1) is 5.92 Å². The first-order valence-electron chi connectivity index (χ1n) is 6.72. The summed E-state index contributed by atoms with van der Waals surface area (Å²) in [4.78, 5) is 11.6. The topological polar surface area (TPSA) is 38.3 Å². The first kappa shape index (κ1) is 14.6. The summed E-state index contributed by atoms with van der Waals surface area (Å²) < 4.78 is 4.98. The molecule has 0 radical (unpaired) electrons. The molecule has 0 atom stereocenters. The third-order valence-corrected chi connectivity index (χ3v) is 3.12. The molecule has 0 aliphatic carbocycles. The molecular formula is C15H23NO2. The normalized spacial score (nSPS) is 10.4. The fraction of sp³-hybridized carbons (Fsp3) is 0.533. The highest BCUT2D eigenvalue weighted by atomic mass is 16.5. The minimum atomic E-state index is -0.260. The van der Waals surface area contributed by atoms with Gasteiger partial charge < -0.3 is 10.1 Å². The zero-order chi connectivity index (χ0) is 13.4. The average molecular weight is 249 g/mol. The largest absolute Gasteiger partial charge is 0.462 e. The van der Waals surface area contributed by atoms with Crippen LogP contribution in [0.15, 0.2) is 24.3 Å². The first-order valence-corrected chi connectivity index (χ1v) is 6.72. The molecule has 0 aliphatic heterocycles. The van der Waals surface area contributed by atoms with Gasteiger partial charge in [-0.1, -0.05) is 32.8 Å². The monoisotopic (exact) mass is 249 g/mol. The third-order valence-electron chi connectivity index (χ3n) is 3.12. The van der Waals surface area contributed by atoms with Gasteiger partial charge in [-0.05, 0) is 31.0 Å². The molecule has 0 amide bonds. The molecule has 0 heterocycles. The molecule has 3 nitrogen and oxygen atoms in total. The maximum absolute atomic E-state index is 11.6. The summed E-state index contributed by atoms with van der Waals surface area (Å²) >= 11 is 0. The van der Waals surface area contributed by atoms with E-state index in [-0.39, 0.29) is 5.97 Å². The molecule has 0 spiro atoms. The summed E-state index contributed by atoms with van der Waals surface area (Å²) in [5.41, 5.74) is 1.58. The molecule has 0 fully saturated rings. The molecule has 0 bridgehead atoms. The molecule has 18 heavy (non-hydrogen) atoms. The Morgan fingerprint density at radius 2 is 2.00 bits per heavy atom. The van der Waals surface area contributed by atoms with Gasteiger partial charge in [-0.3, -0.25) is 0 Å². The molecule has 1 rings (SSSR count). The smallest absolute Gasteiger partial charge is 0.338 e. The third kappa shape index (κ3) is 4.40. The van der Waals surface area contributed by atoms with Crippen molar-refractivity contribution in [3.63, 3.8) is 0 Å². The highest BCUT2D eigenvalue weighted by molar-refractivity contribution is 5.90. The predicted octanol–water partition coefficient (Wildman–Crippen LogP) is 3.71. The second kappa shape index (κ2) is 7.75. The summed E-state index contributed by atoms with van der Waals surface area (Å²) in [6, 6.07) is 7.48. The van der Waals surface area contributed by atoms with Crippen molar-refractivity contribution in [1.29, 1.82) is 0 Å². The van der Waals surface area contributed by atoms with Crippen LogP contribution in [0.3, 0.4) is 0 Å². The van der Waals surface area contributed by atoms with Crippen molar-refractivity contribution >= 4 is 11.7 Å². The Balaban J connectivity index is 2.62. The minimum Gasteiger partial charge on any atom is -0.462 e. The zero-order valence-electron chi connectivity index (χ0n) is 11.5. The van der Waals surface area contributed by atoms with Crippen LogP contribution in [0.4, 0.5) is 5.69 Å². The van der Waals surface area contributed by atoms with Crippen molar-refractivity contribution in [3.05, 3.63) is 29.8 Å². The molecule has 0 saturated carbocycles. The summed E-state index contributed by atoms with van der Waals surface area (Å²) in [5, 5.41) is 3.38. The number of carbonyl (C=O) groups is 1. The van der Waals surface area contributed by atoms with Gasteiger partial charge in [-0.25, -0.2) is 4.79 Å². The Labute approximate surface area is 110 Å². The molecular weight excluding hydrogens is 226 g/mol. The number of ether oxygens (including phenoxy) is 1. The van der Waals surface area contributed by atoms with Crippen molar-refractivity contribution < 1.29 is 9.53 Å². The second-order valence-corrected chi connectivity index (χ2v) is 4.36. The Hall–Kier alpha value is -1.51. The van der Waals surface area contributed by atoms with Crippen LogP contribution in [-0.2, 0) is 4.74 Å². The van der Waals surface area contributed by atoms with Crippen LogP contribution in [0.5, 0.6) is 0 Å². The van der Waals surface area contributed by atoms with Gasteiger partial charge >= 0.3 is 5.97 Å². The molecule has 0 aromatic heterocycles. The Kier molecular flexibility index (Phi) is 6.26. The van der Waals surface area contributed by atoms with Crippen molar-refractivity contribution in [1.82, 2.24) is 0 Å². The Morgan fingerprint density at radius 1 is 1.28 bits per heavy atom. The standard InChI is InChI=1S/C15H23NO2/c1-4-12(5-2)11-16-14-9-7-8-13(10-14)15(17)18-6-3/h7-10,12,16H,4-6,11H2,1-3H3. The summed E-state index contributed by atoms with van der Waals surface area (Å²) in [6.45, 7) is 7.56. The van der Waals surface area contributed by atoms with Gasteiger partial charge in [0.25, 0.3) is 0 Å². The summed E-state index contributed by atoms with van der Waals surface area (Å²) in [6.07, 6.45) is 2.34. The van der Waals surface area contributed by atoms with Gasteiger partial charge in [-0.15, -0.1) is 0 Å². The molecule has 0 unspecified atom stereocenters. The van der Waals surface area contributed by atoms with E-state index >= 15 is 0 Å². The van der Waals surface area contributed by atoms with E-state index in [2.05, 4.69) is 19.2 Å². The van der Waals surface area contributed by atoms with E-state index in [9.17, 15) is 4.79 Å². The van der Waals surface area contributed by atoms with Gasteiger partial charge in [0.05, 0.1) is 12.2 Å². The van der Waals surface area contributed by atoms with Crippen molar-refractivity contribution in [2.24, 2.45) is 5.92 Å². The molecule has 1 aromatic rings. The predicted molar refractivity (Wildman–Crippen MR) is 75.0 cm³/mol. The lowest BCUT2D eigenvalue weighted by molar-refractivity contribution is 0.0526. The van der Waals surface area contributed by atoms with Gasteiger partial charge in [-0.2, -0.15) is 0 Å². The molecule has 3 heteroatoms. The van der Waals surface area contributed by atoms with Crippen LogP contribution in [0.2, 0.25) is 0 Å². The van der Waals surface area contributed by atoms with E-state index in [0.29, 0.717) is 18.1 Å². The van der Waals surface area contributed by atoms with Crippen molar-refractivity contribution in [2.45, 2.75) is 33.6 Å². The number of benzene rings is 1. The fourth-order valence-electron chi connectivity index (χ4n) is 1.81. The second-order valence-electron chi connectivity index (χ2n) is 4.36. The van der Waals surface area contributed by atoms with E-state index in [1.807, 2.05) is 25.1 Å². The lowest BCUT2D eigenvalue weighted by atomic mass is 10.0. The zero-order valence-corrected chi connectivity index (χ0v) is 11.5. The van der Waals surface area contributed by atoms with Crippen molar-refractivity contribution in [2.75, 3.05) is 18.5 Å². The summed E-state index contributed by atoms with van der Waals surface area (Å²) in [5.74, 6) is 0.417. The number of hydrogen-bond acceptors (Lipinski definition) is 3. The van der Waals surface area contributed by atoms with Crippen LogP contribution in [-0.4, -0.2) is 19.1 Å². The van der Waals surface area contributed by atoms with E-state index in [0.717, 1.165) is 12.2 Å². The molecule has 0 aliphatic rings. The Morgan fingerprint density at radius 3 is 2.61 bits per heavy atom. The molecule has 1 aromatic carbocycles. The first-order chi connectivity index (χ1) is 8.71. The summed E-state index contributed by atoms with van der Waals surface area (Å²) in [7, 11) is 0. The van der Waals surface area contributed by atoms with E-state index in [1.54, 1.807) is 6.07 Å². The number of esters is 1. The molecule has 100 valence electrons. The number of rotatable bonds is 7. The van der Waals surface area contributed by atoms with Gasteiger partial charge in [0, 0.05) is 12.2 Å². The Bertz CT molecular complexity index is 373. The van der Waals surface area contributed by atoms with Crippen molar-refractivity contribution in [3.8, 4) is 0 Å². The SMILES string of the molecule is CCOC(=O)c1cccc(NCC(CC)CC)c1. The van der Waals surface area contributed by atoms with E-state index in [1.165, 1.54) is 12.8 Å². The maximum Gasteiger partial charge on any atom is 0.338 e. The van der Waals surface area contributed by atoms with Crippen LogP contribution < -0.4 is 5.32 Å². The molecule has 0 saturated heterocycles. The van der Waals surface area contributed by atoms with Crippen LogP contribution >= 0.6 is 0 Å². The number of hydrogen-bond donors (Lipinski definition) is 1. The number of nitrogens with one attached hydrogen (secondary N) is 1. The van der Waals surface area contributed by atoms with Gasteiger partial charge in [0.1, 0.15) is 0 Å². The van der Waals surface area contributed by atoms with Crippen LogP contribution in [0.25, 0.3) is 0 Å². The minimum absolute atomic E-state index is 0.260. The quantitative estimate of drug-likeness (QED) is 0.749. The highest BCUT2D eigenvalue weighted by Crippen LogP contribution is 2.14. The molecule has 1 N–H and O–H groups in total. The van der Waals surface area contributed by atoms with Gasteiger partial charge in [0.2, 0.25) is 0 Å². The fourth-order valence-corrected chi connectivity index (χ4v) is 1.81. The number of carbonyl (C=O) groups excluding carboxylic acids is 1. The lowest BCUT2D eigenvalue weighted by Crippen LogP contribution is -2.13.